The van der Waals surface area contributed by atoms with Gasteiger partial charge in [-0.2, -0.15) is 5.10 Å². The first-order valence-corrected chi connectivity index (χ1v) is 11.6. The van der Waals surface area contributed by atoms with Crippen LogP contribution in [0.3, 0.4) is 0 Å². The SMILES string of the molecule is Cc1nc2c3ccccc3nn2c(C)c1CCC(=O)OCC(=O)Nc1ccc2c(c1)OCCCO2. The number of carbonyl (C=O) groups excluding carboxylic acids is 2. The van der Waals surface area contributed by atoms with Gasteiger partial charge in [-0.1, -0.05) is 12.1 Å². The van der Waals surface area contributed by atoms with E-state index < -0.39 is 11.9 Å². The topological polar surface area (TPSA) is 104 Å². The number of hydrogen-bond donors (Lipinski definition) is 1. The lowest BCUT2D eigenvalue weighted by atomic mass is 10.1. The van der Waals surface area contributed by atoms with Crippen LogP contribution in [0.5, 0.6) is 11.5 Å². The number of rotatable bonds is 6. The molecule has 2 aromatic carbocycles. The van der Waals surface area contributed by atoms with Crippen LogP contribution in [0.1, 0.15) is 29.8 Å². The molecule has 1 aliphatic heterocycles. The minimum Gasteiger partial charge on any atom is -0.490 e. The smallest absolute Gasteiger partial charge is 0.306 e. The van der Waals surface area contributed by atoms with Crippen molar-refractivity contribution in [2.24, 2.45) is 0 Å². The Kier molecular flexibility index (Phi) is 6.22. The second-order valence-corrected chi connectivity index (χ2v) is 8.43. The molecule has 0 aliphatic carbocycles. The Morgan fingerprint density at radius 2 is 1.89 bits per heavy atom. The van der Waals surface area contributed by atoms with Crippen LogP contribution in [0.2, 0.25) is 0 Å². The summed E-state index contributed by atoms with van der Waals surface area (Å²) in [6, 6.07) is 13.0. The predicted molar refractivity (Wildman–Crippen MR) is 130 cm³/mol. The number of carbonyl (C=O) groups is 2. The van der Waals surface area contributed by atoms with E-state index in [9.17, 15) is 9.59 Å². The van der Waals surface area contributed by atoms with Gasteiger partial charge in [0.2, 0.25) is 0 Å². The standard InChI is InChI=1S/C26H26N4O5/c1-16-19(17(2)30-26(27-16)20-6-3-4-7-21(20)29-30)9-11-25(32)35-15-24(31)28-18-8-10-22-23(14-18)34-13-5-12-33-22/h3-4,6-8,10,14H,5,9,11-13,15H2,1-2H3,(H,28,31). The van der Waals surface area contributed by atoms with Crippen molar-refractivity contribution in [3.63, 3.8) is 0 Å². The minimum absolute atomic E-state index is 0.132. The van der Waals surface area contributed by atoms with E-state index in [1.165, 1.54) is 0 Å². The highest BCUT2D eigenvalue weighted by atomic mass is 16.5. The third-order valence-electron chi connectivity index (χ3n) is 5.99. The van der Waals surface area contributed by atoms with E-state index in [0.717, 1.165) is 39.9 Å². The largest absolute Gasteiger partial charge is 0.490 e. The van der Waals surface area contributed by atoms with Crippen molar-refractivity contribution >= 4 is 34.1 Å². The van der Waals surface area contributed by atoms with E-state index >= 15 is 0 Å². The normalized spacial score (nSPS) is 13.0. The Bertz CT molecular complexity index is 1430. The van der Waals surface area contributed by atoms with Crippen molar-refractivity contribution in [3.8, 4) is 11.5 Å². The van der Waals surface area contributed by atoms with E-state index in [4.69, 9.17) is 19.2 Å². The first-order valence-electron chi connectivity index (χ1n) is 11.6. The van der Waals surface area contributed by atoms with E-state index in [2.05, 4.69) is 10.4 Å². The molecule has 2 aromatic heterocycles. The molecule has 4 aromatic rings. The number of amides is 1. The van der Waals surface area contributed by atoms with Gasteiger partial charge in [0.1, 0.15) is 0 Å². The molecule has 1 N–H and O–H groups in total. The summed E-state index contributed by atoms with van der Waals surface area (Å²) in [7, 11) is 0. The second-order valence-electron chi connectivity index (χ2n) is 8.43. The minimum atomic E-state index is -0.455. The van der Waals surface area contributed by atoms with Crippen LogP contribution in [0.25, 0.3) is 16.6 Å². The molecule has 1 aliphatic rings. The Morgan fingerprint density at radius 3 is 2.74 bits per heavy atom. The maximum Gasteiger partial charge on any atom is 0.306 e. The third kappa shape index (κ3) is 4.75. The highest BCUT2D eigenvalue weighted by molar-refractivity contribution is 5.93. The zero-order chi connectivity index (χ0) is 24.4. The third-order valence-corrected chi connectivity index (χ3v) is 5.99. The summed E-state index contributed by atoms with van der Waals surface area (Å²) in [6.07, 6.45) is 1.38. The van der Waals surface area contributed by atoms with Crippen LogP contribution in [0.4, 0.5) is 5.69 Å². The molecule has 0 spiro atoms. The highest BCUT2D eigenvalue weighted by Gasteiger charge is 2.16. The van der Waals surface area contributed by atoms with Crippen molar-refractivity contribution in [1.29, 1.82) is 0 Å². The zero-order valence-electron chi connectivity index (χ0n) is 19.7. The predicted octanol–water partition coefficient (Wildman–Crippen LogP) is 3.78. The van der Waals surface area contributed by atoms with Gasteiger partial charge in [0.15, 0.2) is 23.8 Å². The summed E-state index contributed by atoms with van der Waals surface area (Å²) in [5, 5.41) is 8.35. The van der Waals surface area contributed by atoms with Crippen molar-refractivity contribution in [1.82, 2.24) is 14.6 Å². The van der Waals surface area contributed by atoms with Gasteiger partial charge in [-0.15, -0.1) is 0 Å². The number of aryl methyl sites for hydroxylation is 2. The summed E-state index contributed by atoms with van der Waals surface area (Å²) in [5.74, 6) is 0.349. The number of nitrogens with one attached hydrogen (secondary N) is 1. The second kappa shape index (κ2) is 9.61. The summed E-state index contributed by atoms with van der Waals surface area (Å²) in [6.45, 7) is 4.68. The van der Waals surface area contributed by atoms with E-state index in [-0.39, 0.29) is 13.0 Å². The molecule has 9 heteroatoms. The molecule has 9 nitrogen and oxygen atoms in total. The lowest BCUT2D eigenvalue weighted by Crippen LogP contribution is -2.21. The summed E-state index contributed by atoms with van der Waals surface area (Å²) >= 11 is 0. The molecule has 0 atom stereocenters. The molecule has 0 bridgehead atoms. The quantitative estimate of drug-likeness (QED) is 0.424. The number of anilines is 1. The van der Waals surface area contributed by atoms with Crippen LogP contribution in [0, 0.1) is 13.8 Å². The van der Waals surface area contributed by atoms with Gasteiger partial charge in [0.05, 0.1) is 18.7 Å². The van der Waals surface area contributed by atoms with Gasteiger partial charge in [-0.25, -0.2) is 9.50 Å². The Morgan fingerprint density at radius 1 is 1.09 bits per heavy atom. The molecule has 0 unspecified atom stereocenters. The molecule has 35 heavy (non-hydrogen) atoms. The summed E-state index contributed by atoms with van der Waals surface area (Å²) in [4.78, 5) is 29.4. The Labute approximate surface area is 202 Å². The van der Waals surface area contributed by atoms with Crippen molar-refractivity contribution in [2.75, 3.05) is 25.1 Å². The maximum atomic E-state index is 12.3. The first kappa shape index (κ1) is 22.6. The molecular formula is C26H26N4O5. The van der Waals surface area contributed by atoms with E-state index in [0.29, 0.717) is 36.8 Å². The molecule has 0 saturated carbocycles. The van der Waals surface area contributed by atoms with Crippen LogP contribution in [-0.4, -0.2) is 46.3 Å². The molecule has 0 radical (unpaired) electrons. The van der Waals surface area contributed by atoms with Crippen molar-refractivity contribution < 1.29 is 23.8 Å². The van der Waals surface area contributed by atoms with E-state index in [1.807, 2.05) is 42.6 Å². The fourth-order valence-corrected chi connectivity index (χ4v) is 4.22. The fraction of sp³-hybridized carbons (Fsp3) is 0.308. The number of aromatic nitrogens is 3. The van der Waals surface area contributed by atoms with Gasteiger partial charge >= 0.3 is 5.97 Å². The number of ether oxygens (including phenoxy) is 3. The van der Waals surface area contributed by atoms with Crippen molar-refractivity contribution in [3.05, 3.63) is 59.4 Å². The lowest BCUT2D eigenvalue weighted by Gasteiger charge is -2.12. The molecular weight excluding hydrogens is 448 g/mol. The monoisotopic (exact) mass is 474 g/mol. The van der Waals surface area contributed by atoms with Crippen LogP contribution < -0.4 is 14.8 Å². The van der Waals surface area contributed by atoms with Crippen molar-refractivity contribution in [2.45, 2.75) is 33.1 Å². The average Bonchev–Trinajstić information content (AvgIpc) is 3.05. The Balaban J connectivity index is 1.18. The molecule has 180 valence electrons. The van der Waals surface area contributed by atoms with Gasteiger partial charge < -0.3 is 19.5 Å². The molecule has 0 saturated heterocycles. The average molecular weight is 475 g/mol. The number of hydrogen-bond acceptors (Lipinski definition) is 7. The zero-order valence-corrected chi connectivity index (χ0v) is 19.7. The molecule has 1 amide bonds. The van der Waals surface area contributed by atoms with Crippen LogP contribution >= 0.6 is 0 Å². The lowest BCUT2D eigenvalue weighted by molar-refractivity contribution is -0.147. The number of fused-ring (bicyclic) bond motifs is 4. The van der Waals surface area contributed by atoms with E-state index in [1.54, 1.807) is 18.2 Å². The number of nitrogens with zero attached hydrogens (tertiary/aromatic N) is 3. The molecule has 5 rings (SSSR count). The number of benzene rings is 2. The number of esters is 1. The van der Waals surface area contributed by atoms with Gasteiger partial charge in [-0.05, 0) is 50.1 Å². The Hall–Kier alpha value is -4.14. The molecule has 3 heterocycles. The summed E-state index contributed by atoms with van der Waals surface area (Å²) < 4.78 is 18.2. The van der Waals surface area contributed by atoms with Crippen LogP contribution in [0.15, 0.2) is 42.5 Å². The van der Waals surface area contributed by atoms with Gasteiger partial charge in [0, 0.05) is 41.4 Å². The molecule has 0 fully saturated rings. The maximum absolute atomic E-state index is 12.3. The van der Waals surface area contributed by atoms with Gasteiger partial charge in [-0.3, -0.25) is 9.59 Å². The first-order chi connectivity index (χ1) is 17.0. The highest BCUT2D eigenvalue weighted by Crippen LogP contribution is 2.32. The fourth-order valence-electron chi connectivity index (χ4n) is 4.22. The summed E-state index contributed by atoms with van der Waals surface area (Å²) in [5.41, 5.74) is 4.95. The van der Waals surface area contributed by atoms with Gasteiger partial charge in [0.25, 0.3) is 5.91 Å². The van der Waals surface area contributed by atoms with Crippen LogP contribution in [-0.2, 0) is 20.7 Å².